The first-order valence-electron chi connectivity index (χ1n) is 14.5. The lowest BCUT2D eigenvalue weighted by Gasteiger charge is -2.43. The highest BCUT2D eigenvalue weighted by atomic mass is 35.5. The number of nitrogens with zero attached hydrogens (tertiary/aromatic N) is 1. The highest BCUT2D eigenvalue weighted by molar-refractivity contribution is 8.00. The molecule has 3 fully saturated rings. The number of fused-ring (bicyclic) bond motifs is 9. The number of H-pyrrole nitrogens is 1. The fourth-order valence-electron chi connectivity index (χ4n) is 8.07. The minimum atomic E-state index is -4.61. The van der Waals surface area contributed by atoms with Crippen LogP contribution < -0.4 is 14.5 Å². The van der Waals surface area contributed by atoms with Crippen LogP contribution in [0.3, 0.4) is 0 Å². The van der Waals surface area contributed by atoms with Crippen molar-refractivity contribution in [2.75, 3.05) is 4.90 Å². The molecule has 3 heterocycles. The summed E-state index contributed by atoms with van der Waals surface area (Å²) in [6, 6.07) is 19.6. The Morgan fingerprint density at radius 3 is 2.44 bits per heavy atom. The van der Waals surface area contributed by atoms with Gasteiger partial charge in [0.2, 0.25) is 11.8 Å². The Hall–Kier alpha value is -3.54. The van der Waals surface area contributed by atoms with Gasteiger partial charge in [0.25, 0.3) is 0 Å². The maximum absolute atomic E-state index is 14.0. The third-order valence-electron chi connectivity index (χ3n) is 9.70. The smallest absolute Gasteiger partial charge is 0.416 e. The zero-order valence-corrected chi connectivity index (χ0v) is 25.7. The third-order valence-corrected chi connectivity index (χ3v) is 12.5. The van der Waals surface area contributed by atoms with E-state index in [2.05, 4.69) is 4.98 Å². The minimum absolute atomic E-state index is 0.0596. The second-order valence-electron chi connectivity index (χ2n) is 12.0. The summed E-state index contributed by atoms with van der Waals surface area (Å²) >= 11 is 9.22. The van der Waals surface area contributed by atoms with Crippen LogP contribution in [0.2, 0.25) is 5.02 Å². The van der Waals surface area contributed by atoms with Gasteiger partial charge in [-0.25, -0.2) is 0 Å². The van der Waals surface area contributed by atoms with Crippen molar-refractivity contribution in [1.29, 1.82) is 0 Å². The van der Waals surface area contributed by atoms with E-state index in [-0.39, 0.29) is 39.5 Å². The SMILES string of the molecule is O=C1C2C3CC(C2C(=O)N1c1cccc(C(F)(F)F)c1)C1C3Sc2[nH]c(=O)sc2[C@@H]1c1cc(Cl)ccc1OCc1ccccc1. The number of amides is 2. The second-order valence-corrected chi connectivity index (χ2v) is 14.6. The van der Waals surface area contributed by atoms with Crippen molar-refractivity contribution in [2.24, 2.45) is 29.6 Å². The number of hydrogen-bond acceptors (Lipinski definition) is 6. The molecule has 3 aromatic carbocycles. The Balaban J connectivity index is 1.19. The van der Waals surface area contributed by atoms with E-state index in [1.807, 2.05) is 42.5 Å². The summed E-state index contributed by atoms with van der Waals surface area (Å²) in [5.41, 5.74) is 0.814. The number of ether oxygens (including phenoxy) is 1. The molecule has 45 heavy (non-hydrogen) atoms. The number of aromatic nitrogens is 1. The molecule has 1 N–H and O–H groups in total. The van der Waals surface area contributed by atoms with E-state index < -0.39 is 35.4 Å². The van der Waals surface area contributed by atoms with Crippen molar-refractivity contribution in [2.45, 2.75) is 35.4 Å². The van der Waals surface area contributed by atoms with Crippen LogP contribution in [0, 0.1) is 29.6 Å². The maximum Gasteiger partial charge on any atom is 0.416 e. The Bertz CT molecular complexity index is 1910. The third kappa shape index (κ3) is 4.57. The summed E-state index contributed by atoms with van der Waals surface area (Å²) in [7, 11) is 0. The lowest BCUT2D eigenvalue weighted by atomic mass is 9.68. The Morgan fingerprint density at radius 2 is 1.69 bits per heavy atom. The van der Waals surface area contributed by atoms with Crippen LogP contribution in [-0.4, -0.2) is 22.0 Å². The summed E-state index contributed by atoms with van der Waals surface area (Å²) in [5.74, 6) is -2.46. The Morgan fingerprint density at radius 1 is 0.933 bits per heavy atom. The summed E-state index contributed by atoms with van der Waals surface area (Å²) in [4.78, 5) is 45.2. The molecule has 230 valence electrons. The number of imide groups is 1. The molecule has 2 amide bonds. The van der Waals surface area contributed by atoms with Gasteiger partial charge in [-0.15, -0.1) is 11.8 Å². The van der Waals surface area contributed by atoms with Gasteiger partial charge >= 0.3 is 11.0 Å². The van der Waals surface area contributed by atoms with Crippen LogP contribution in [0.15, 0.2) is 82.6 Å². The number of aromatic amines is 1. The molecule has 2 aliphatic carbocycles. The summed E-state index contributed by atoms with van der Waals surface area (Å²) in [6.07, 6.45) is -3.97. The summed E-state index contributed by atoms with van der Waals surface area (Å²) in [6.45, 7) is 0.316. The van der Waals surface area contributed by atoms with Crippen molar-refractivity contribution in [3.63, 3.8) is 0 Å². The molecule has 7 atom stereocenters. The monoisotopic (exact) mass is 668 g/mol. The topological polar surface area (TPSA) is 79.5 Å². The number of hydrogen-bond donors (Lipinski definition) is 1. The largest absolute Gasteiger partial charge is 0.489 e. The van der Waals surface area contributed by atoms with E-state index in [0.717, 1.165) is 49.4 Å². The van der Waals surface area contributed by atoms with E-state index in [1.54, 1.807) is 6.07 Å². The molecule has 0 radical (unpaired) electrons. The van der Waals surface area contributed by atoms with Crippen molar-refractivity contribution < 1.29 is 27.5 Å². The number of thioether (sulfide) groups is 1. The van der Waals surface area contributed by atoms with Crippen LogP contribution in [0.4, 0.5) is 18.9 Å². The van der Waals surface area contributed by atoms with Crippen molar-refractivity contribution in [3.05, 3.63) is 109 Å². The predicted octanol–water partition coefficient (Wildman–Crippen LogP) is 7.37. The van der Waals surface area contributed by atoms with Gasteiger partial charge in [0.05, 0.1) is 28.1 Å². The molecule has 0 spiro atoms. The number of rotatable bonds is 5. The van der Waals surface area contributed by atoms with Gasteiger partial charge in [0.1, 0.15) is 12.4 Å². The average molecular weight is 669 g/mol. The molecule has 6 unspecified atom stereocenters. The number of halogens is 4. The van der Waals surface area contributed by atoms with Crippen LogP contribution in [0.25, 0.3) is 0 Å². The summed E-state index contributed by atoms with van der Waals surface area (Å²) in [5, 5.41) is 1.14. The second kappa shape index (κ2) is 10.5. The summed E-state index contributed by atoms with van der Waals surface area (Å²) < 4.78 is 46.9. The zero-order chi connectivity index (χ0) is 31.2. The molecular formula is C33H24ClF3N2O4S2. The average Bonchev–Trinajstić information content (AvgIpc) is 3.75. The minimum Gasteiger partial charge on any atom is -0.489 e. The zero-order valence-electron chi connectivity index (χ0n) is 23.3. The number of thiazole rings is 1. The molecule has 12 heteroatoms. The molecule has 4 aliphatic rings. The lowest BCUT2D eigenvalue weighted by Crippen LogP contribution is -2.42. The molecule has 4 aromatic rings. The normalized spacial score (nSPS) is 28.3. The van der Waals surface area contributed by atoms with Gasteiger partial charge in [-0.2, -0.15) is 13.2 Å². The molecule has 6 nitrogen and oxygen atoms in total. The van der Waals surface area contributed by atoms with Crippen LogP contribution in [0.1, 0.15) is 33.9 Å². The number of nitrogens with one attached hydrogen (secondary N) is 1. The lowest BCUT2D eigenvalue weighted by molar-refractivity contribution is -0.137. The van der Waals surface area contributed by atoms with Gasteiger partial charge in [-0.3, -0.25) is 19.3 Å². The van der Waals surface area contributed by atoms with Crippen molar-refractivity contribution in [3.8, 4) is 5.75 Å². The molecule has 1 aromatic heterocycles. The van der Waals surface area contributed by atoms with E-state index >= 15 is 0 Å². The van der Waals surface area contributed by atoms with E-state index in [9.17, 15) is 27.6 Å². The highest BCUT2D eigenvalue weighted by Gasteiger charge is 2.70. The quantitative estimate of drug-likeness (QED) is 0.225. The fourth-order valence-corrected chi connectivity index (χ4v) is 11.1. The predicted molar refractivity (Wildman–Crippen MR) is 165 cm³/mol. The first kappa shape index (κ1) is 28.9. The van der Waals surface area contributed by atoms with Gasteiger partial charge in [0, 0.05) is 26.6 Å². The van der Waals surface area contributed by atoms with Crippen LogP contribution in [0.5, 0.6) is 5.75 Å². The molecule has 2 aliphatic heterocycles. The standard InChI is InChI=1S/C33H24ClF3N2O4S2/c34-17-9-10-22(43-14-15-5-2-1-3-6-15)19(12-17)23-24-20-13-21(27(24)44-29-28(23)45-32(42)38-29)26-25(20)30(40)39(31(26)41)18-8-4-7-16(11-18)33(35,36)37/h1-12,20-21,23-27H,13-14H2,(H,38,42)/t20?,21?,23-,24?,25?,26?,27?/m1/s1. The van der Waals surface area contributed by atoms with Crippen LogP contribution >= 0.6 is 34.7 Å². The fraction of sp³-hybridized carbons (Fsp3) is 0.303. The van der Waals surface area contributed by atoms with Crippen molar-refractivity contribution in [1.82, 2.24) is 4.98 Å². The first-order valence-corrected chi connectivity index (χ1v) is 16.6. The Kier molecular flexibility index (Phi) is 6.74. The number of carbonyl (C=O) groups excluding carboxylic acids is 2. The van der Waals surface area contributed by atoms with Gasteiger partial charge in [-0.1, -0.05) is 59.3 Å². The molecule has 1 saturated heterocycles. The number of carbonyl (C=O) groups is 2. The number of alkyl halides is 3. The molecule has 2 bridgehead atoms. The first-order chi connectivity index (χ1) is 21.6. The van der Waals surface area contributed by atoms with E-state index in [4.69, 9.17) is 16.3 Å². The molecule has 8 rings (SSSR count). The molecular weight excluding hydrogens is 645 g/mol. The van der Waals surface area contributed by atoms with E-state index in [1.165, 1.54) is 23.9 Å². The highest BCUT2D eigenvalue weighted by Crippen LogP contribution is 2.69. The van der Waals surface area contributed by atoms with Crippen LogP contribution in [-0.2, 0) is 22.4 Å². The van der Waals surface area contributed by atoms with Gasteiger partial charge in [0.15, 0.2) is 0 Å². The Labute approximate surface area is 268 Å². The molecule has 2 saturated carbocycles. The van der Waals surface area contributed by atoms with Gasteiger partial charge < -0.3 is 9.72 Å². The number of benzene rings is 3. The van der Waals surface area contributed by atoms with E-state index in [0.29, 0.717) is 23.8 Å². The van der Waals surface area contributed by atoms with Crippen molar-refractivity contribution >= 4 is 52.2 Å². The number of anilines is 1. The maximum atomic E-state index is 14.0. The van der Waals surface area contributed by atoms with Gasteiger partial charge in [-0.05, 0) is 66.1 Å².